The summed E-state index contributed by atoms with van der Waals surface area (Å²) >= 11 is 5.37. The normalized spacial score (nSPS) is 26.0. The number of rotatable bonds is 9. The van der Waals surface area contributed by atoms with Gasteiger partial charge in [-0.2, -0.15) is 5.10 Å². The van der Waals surface area contributed by atoms with Crippen molar-refractivity contribution < 1.29 is 9.90 Å². The second-order valence-electron chi connectivity index (χ2n) is 8.20. The summed E-state index contributed by atoms with van der Waals surface area (Å²) < 4.78 is 0. The molecule has 0 aromatic heterocycles. The van der Waals surface area contributed by atoms with Gasteiger partial charge in [0.05, 0.1) is 0 Å². The molecule has 5 nitrogen and oxygen atoms in total. The molecule has 4 atom stereocenters. The van der Waals surface area contributed by atoms with Crippen LogP contribution in [0.15, 0.2) is 47.6 Å². The SMILES string of the molecule is C/C(=N\NC(=S)Nc1ccccc1)[C@@H]1[C@H]2CC[C@H](C2)[C@H]1C/C=C\CCCC(=O)O. The summed E-state index contributed by atoms with van der Waals surface area (Å²) in [5.41, 5.74) is 5.10. The van der Waals surface area contributed by atoms with Gasteiger partial charge in [0.15, 0.2) is 5.11 Å². The molecule has 2 aliphatic rings. The van der Waals surface area contributed by atoms with Crippen LogP contribution in [0.4, 0.5) is 5.69 Å². The van der Waals surface area contributed by atoms with Crippen molar-refractivity contribution in [2.75, 3.05) is 5.32 Å². The predicted molar refractivity (Wildman–Crippen MR) is 122 cm³/mol. The van der Waals surface area contributed by atoms with Gasteiger partial charge in [-0.3, -0.25) is 10.2 Å². The van der Waals surface area contributed by atoms with Crippen LogP contribution in [0.1, 0.15) is 51.9 Å². The third kappa shape index (κ3) is 6.13. The van der Waals surface area contributed by atoms with Crippen molar-refractivity contribution >= 4 is 34.7 Å². The second kappa shape index (κ2) is 10.5. The number of benzene rings is 1. The van der Waals surface area contributed by atoms with E-state index in [9.17, 15) is 4.79 Å². The molecule has 2 fully saturated rings. The Morgan fingerprint density at radius 1 is 1.24 bits per heavy atom. The Balaban J connectivity index is 1.52. The molecule has 2 bridgehead atoms. The van der Waals surface area contributed by atoms with Gasteiger partial charge in [0.25, 0.3) is 0 Å². The Morgan fingerprint density at radius 3 is 2.76 bits per heavy atom. The summed E-state index contributed by atoms with van der Waals surface area (Å²) in [5.74, 6) is 1.93. The number of carboxylic acid groups (broad SMARTS) is 1. The highest BCUT2D eigenvalue weighted by molar-refractivity contribution is 7.80. The van der Waals surface area contributed by atoms with Crippen LogP contribution in [0.5, 0.6) is 0 Å². The summed E-state index contributed by atoms with van der Waals surface area (Å²) in [6.45, 7) is 2.12. The number of hydrogen-bond acceptors (Lipinski definition) is 3. The van der Waals surface area contributed by atoms with Crippen molar-refractivity contribution in [3.8, 4) is 0 Å². The molecule has 2 aliphatic carbocycles. The molecule has 0 saturated heterocycles. The molecule has 0 amide bonds. The van der Waals surface area contributed by atoms with Crippen LogP contribution in [-0.4, -0.2) is 21.9 Å². The standard InChI is InChI=1S/C23H31N3O2S/c1-16(25-26-23(29)24-19-9-5-4-6-10-19)22-18-14-13-17(15-18)20(22)11-7-2-3-8-12-21(27)28/h2,4-7,9-10,17-18,20,22H,3,8,11-15H2,1H3,(H,27,28)(H2,24,26,29)/b7-2-,25-16+/t17-,18+,20-,22-/m1/s1. The number of unbranched alkanes of at least 4 members (excludes halogenated alkanes) is 1. The Labute approximate surface area is 178 Å². The number of nitrogens with one attached hydrogen (secondary N) is 2. The molecule has 156 valence electrons. The Morgan fingerprint density at radius 2 is 2.00 bits per heavy atom. The number of allylic oxidation sites excluding steroid dienone is 2. The Hall–Kier alpha value is -2.21. The van der Waals surface area contributed by atoms with E-state index in [2.05, 4.69) is 34.9 Å². The van der Waals surface area contributed by atoms with Gasteiger partial charge < -0.3 is 10.4 Å². The minimum absolute atomic E-state index is 0.245. The van der Waals surface area contributed by atoms with Crippen LogP contribution in [-0.2, 0) is 4.79 Å². The highest BCUT2D eigenvalue weighted by Crippen LogP contribution is 2.54. The van der Waals surface area contributed by atoms with Gasteiger partial charge in [-0.15, -0.1) is 0 Å². The van der Waals surface area contributed by atoms with Crippen molar-refractivity contribution in [2.45, 2.75) is 51.9 Å². The van der Waals surface area contributed by atoms with E-state index in [1.807, 2.05) is 30.3 Å². The summed E-state index contributed by atoms with van der Waals surface area (Å²) in [6.07, 6.45) is 11.2. The van der Waals surface area contributed by atoms with Gasteiger partial charge >= 0.3 is 5.97 Å². The Kier molecular flexibility index (Phi) is 7.81. The van der Waals surface area contributed by atoms with E-state index in [-0.39, 0.29) is 6.42 Å². The van der Waals surface area contributed by atoms with E-state index in [0.29, 0.717) is 23.4 Å². The van der Waals surface area contributed by atoms with Gasteiger partial charge in [0, 0.05) is 23.7 Å². The summed E-state index contributed by atoms with van der Waals surface area (Å²) in [5, 5.41) is 17.0. The lowest BCUT2D eigenvalue weighted by Crippen LogP contribution is -2.31. The van der Waals surface area contributed by atoms with Crippen molar-refractivity contribution in [1.29, 1.82) is 0 Å². The van der Waals surface area contributed by atoms with Gasteiger partial charge in [0.2, 0.25) is 0 Å². The third-order valence-corrected chi connectivity index (χ3v) is 6.47. The number of fused-ring (bicyclic) bond motifs is 2. The number of anilines is 1. The maximum atomic E-state index is 10.6. The largest absolute Gasteiger partial charge is 0.481 e. The zero-order valence-electron chi connectivity index (χ0n) is 17.0. The molecule has 0 aliphatic heterocycles. The lowest BCUT2D eigenvalue weighted by Gasteiger charge is -2.30. The molecule has 0 radical (unpaired) electrons. The molecule has 3 rings (SSSR count). The summed E-state index contributed by atoms with van der Waals surface area (Å²) in [6, 6.07) is 9.85. The Bertz CT molecular complexity index is 763. The zero-order valence-corrected chi connectivity index (χ0v) is 17.8. The van der Waals surface area contributed by atoms with Crippen molar-refractivity contribution in [3.05, 3.63) is 42.5 Å². The summed E-state index contributed by atoms with van der Waals surface area (Å²) in [4.78, 5) is 10.6. The summed E-state index contributed by atoms with van der Waals surface area (Å²) in [7, 11) is 0. The lowest BCUT2D eigenvalue weighted by atomic mass is 9.75. The fourth-order valence-corrected chi connectivity index (χ4v) is 5.20. The van der Waals surface area contributed by atoms with Crippen LogP contribution in [0.25, 0.3) is 0 Å². The first-order chi connectivity index (χ1) is 14.0. The fourth-order valence-electron chi connectivity index (χ4n) is 5.04. The van der Waals surface area contributed by atoms with E-state index >= 15 is 0 Å². The lowest BCUT2D eigenvalue weighted by molar-refractivity contribution is -0.137. The molecule has 6 heteroatoms. The van der Waals surface area contributed by atoms with Crippen molar-refractivity contribution in [1.82, 2.24) is 5.43 Å². The van der Waals surface area contributed by atoms with Gasteiger partial charge in [-0.1, -0.05) is 30.4 Å². The molecule has 3 N–H and O–H groups in total. The van der Waals surface area contributed by atoms with E-state index < -0.39 is 5.97 Å². The first kappa shape index (κ1) is 21.5. The monoisotopic (exact) mass is 413 g/mol. The number of para-hydroxylation sites is 1. The molecule has 1 aromatic rings. The average Bonchev–Trinajstić information content (AvgIpc) is 3.31. The highest BCUT2D eigenvalue weighted by atomic mass is 32.1. The number of thiocarbonyl (C=S) groups is 1. The van der Waals surface area contributed by atoms with Crippen LogP contribution in [0.3, 0.4) is 0 Å². The number of aliphatic carboxylic acids is 1. The topological polar surface area (TPSA) is 73.7 Å². The molecule has 0 unspecified atom stereocenters. The van der Waals surface area contributed by atoms with Gasteiger partial charge in [-0.25, -0.2) is 0 Å². The molecule has 29 heavy (non-hydrogen) atoms. The fraction of sp³-hybridized carbons (Fsp3) is 0.522. The molecule has 0 spiro atoms. The van der Waals surface area contributed by atoms with Crippen LogP contribution >= 0.6 is 12.2 Å². The molecule has 1 aromatic carbocycles. The van der Waals surface area contributed by atoms with Crippen LogP contribution < -0.4 is 10.7 Å². The average molecular weight is 414 g/mol. The number of hydrogen-bond donors (Lipinski definition) is 3. The zero-order chi connectivity index (χ0) is 20.6. The number of carbonyl (C=O) groups is 1. The molecular weight excluding hydrogens is 382 g/mol. The first-order valence-electron chi connectivity index (χ1n) is 10.6. The van der Waals surface area contributed by atoms with Gasteiger partial charge in [-0.05, 0) is 87.6 Å². The van der Waals surface area contributed by atoms with Crippen molar-refractivity contribution in [3.63, 3.8) is 0 Å². The first-order valence-corrected chi connectivity index (χ1v) is 11.0. The number of hydrazone groups is 1. The van der Waals surface area contributed by atoms with Crippen LogP contribution in [0.2, 0.25) is 0 Å². The maximum absolute atomic E-state index is 10.6. The van der Waals surface area contributed by atoms with E-state index in [4.69, 9.17) is 17.3 Å². The smallest absolute Gasteiger partial charge is 0.303 e. The maximum Gasteiger partial charge on any atom is 0.303 e. The van der Waals surface area contributed by atoms with E-state index in [0.717, 1.165) is 36.1 Å². The van der Waals surface area contributed by atoms with Gasteiger partial charge in [0.1, 0.15) is 0 Å². The molecular formula is C23H31N3O2S. The van der Waals surface area contributed by atoms with Crippen molar-refractivity contribution in [2.24, 2.45) is 28.8 Å². The minimum atomic E-state index is -0.717. The minimum Gasteiger partial charge on any atom is -0.481 e. The van der Waals surface area contributed by atoms with E-state index in [1.54, 1.807) is 0 Å². The van der Waals surface area contributed by atoms with E-state index in [1.165, 1.54) is 19.3 Å². The van der Waals surface area contributed by atoms with Crippen LogP contribution in [0, 0.1) is 23.7 Å². The third-order valence-electron chi connectivity index (χ3n) is 6.27. The highest BCUT2D eigenvalue weighted by Gasteiger charge is 2.47. The quantitative estimate of drug-likeness (QED) is 0.170. The number of nitrogens with zero attached hydrogens (tertiary/aromatic N) is 1. The molecule has 2 saturated carbocycles. The second-order valence-corrected chi connectivity index (χ2v) is 8.61. The predicted octanol–water partition coefficient (Wildman–Crippen LogP) is 5.21. The number of carboxylic acids is 1. The molecule has 0 heterocycles.